The van der Waals surface area contributed by atoms with Crippen molar-refractivity contribution in [2.75, 3.05) is 36.4 Å². The number of ether oxygens (including phenoxy) is 1. The Kier molecular flexibility index (Phi) is 10.1. The van der Waals surface area contributed by atoms with Crippen LogP contribution < -0.4 is 20.3 Å². The number of anilines is 2. The monoisotopic (exact) mass is 594 g/mol. The van der Waals surface area contributed by atoms with E-state index in [1.54, 1.807) is 63.5 Å². The van der Waals surface area contributed by atoms with Crippen LogP contribution in [0, 0.1) is 5.92 Å². The molecule has 0 bridgehead atoms. The van der Waals surface area contributed by atoms with Crippen molar-refractivity contribution < 1.29 is 22.7 Å². The van der Waals surface area contributed by atoms with Gasteiger partial charge in [0, 0.05) is 49.8 Å². The molecule has 224 valence electrons. The van der Waals surface area contributed by atoms with Crippen molar-refractivity contribution in [3.63, 3.8) is 0 Å². The van der Waals surface area contributed by atoms with Gasteiger partial charge in [-0.15, -0.1) is 0 Å². The Balaban J connectivity index is 1.36. The van der Waals surface area contributed by atoms with Gasteiger partial charge >= 0.3 is 5.97 Å². The molecule has 1 amide bonds. The Hall–Kier alpha value is -4.03. The lowest BCUT2D eigenvalue weighted by atomic mass is 9.96. The second kappa shape index (κ2) is 13.8. The molecule has 1 fully saturated rings. The van der Waals surface area contributed by atoms with Crippen LogP contribution in [0.3, 0.4) is 0 Å². The molecule has 3 aromatic rings. The molecule has 1 aromatic heterocycles. The first-order valence-electron chi connectivity index (χ1n) is 13.9. The Morgan fingerprint density at radius 2 is 1.69 bits per heavy atom. The second-order valence-electron chi connectivity index (χ2n) is 11.2. The number of amides is 1. The number of esters is 1. The number of aromatic nitrogens is 2. The maximum Gasteiger partial charge on any atom is 0.326 e. The zero-order chi connectivity index (χ0) is 30.2. The highest BCUT2D eigenvalue weighted by Gasteiger charge is 2.30. The van der Waals surface area contributed by atoms with E-state index in [1.165, 1.54) is 12.1 Å². The van der Waals surface area contributed by atoms with E-state index in [-0.39, 0.29) is 11.4 Å². The predicted octanol–water partition coefficient (Wildman–Crippen LogP) is 3.22. The number of carbonyl (C=O) groups is 2. The largest absolute Gasteiger partial charge is 0.459 e. The van der Waals surface area contributed by atoms with E-state index in [1.807, 2.05) is 18.2 Å². The molecule has 0 aliphatic carbocycles. The standard InChI is InChI=1S/C30H38N6O5S/c1-30(2,3)41-28(38)26(35-42(39,40)25-11-5-4-6-12-25)21-33-27(37)23-9-7-10-24(19-23)36-17-13-22(14-18-36)20-34-29-31-15-8-16-32-29/h4-12,15-16,19,22,26,35H,13-14,17-18,20-21H2,1-3H3,(H,33,37)(H,31,32,34)/t26-/m0/s1. The van der Waals surface area contributed by atoms with Crippen LogP contribution in [0.5, 0.6) is 0 Å². The smallest absolute Gasteiger partial charge is 0.326 e. The summed E-state index contributed by atoms with van der Waals surface area (Å²) in [6, 6.07) is 15.5. The van der Waals surface area contributed by atoms with Gasteiger partial charge in [0.05, 0.1) is 4.90 Å². The number of carbonyl (C=O) groups excluding carboxylic acids is 2. The minimum atomic E-state index is -4.04. The Labute approximate surface area is 247 Å². The molecule has 0 radical (unpaired) electrons. The molecule has 0 saturated carbocycles. The normalized spacial score (nSPS) is 15.1. The van der Waals surface area contributed by atoms with E-state index in [0.29, 0.717) is 17.4 Å². The van der Waals surface area contributed by atoms with Crippen molar-refractivity contribution in [2.45, 2.75) is 50.2 Å². The Morgan fingerprint density at radius 3 is 2.36 bits per heavy atom. The van der Waals surface area contributed by atoms with Crippen LogP contribution in [0.15, 0.2) is 78.0 Å². The third-order valence-electron chi connectivity index (χ3n) is 6.71. The zero-order valence-electron chi connectivity index (χ0n) is 24.1. The fourth-order valence-electron chi connectivity index (χ4n) is 4.56. The Morgan fingerprint density at radius 1 is 1.00 bits per heavy atom. The van der Waals surface area contributed by atoms with Crippen LogP contribution >= 0.6 is 0 Å². The fourth-order valence-corrected chi connectivity index (χ4v) is 5.77. The maximum atomic E-state index is 13.1. The van der Waals surface area contributed by atoms with Crippen molar-refractivity contribution >= 4 is 33.5 Å². The molecule has 12 heteroatoms. The lowest BCUT2D eigenvalue weighted by molar-refractivity contribution is -0.156. The molecule has 1 saturated heterocycles. The van der Waals surface area contributed by atoms with Crippen molar-refractivity contribution in [3.8, 4) is 0 Å². The van der Waals surface area contributed by atoms with Crippen LogP contribution in [0.25, 0.3) is 0 Å². The average molecular weight is 595 g/mol. The van der Waals surface area contributed by atoms with Gasteiger partial charge in [0.2, 0.25) is 16.0 Å². The van der Waals surface area contributed by atoms with Gasteiger partial charge in [-0.05, 0) is 75.9 Å². The minimum Gasteiger partial charge on any atom is -0.459 e. The molecule has 2 heterocycles. The lowest BCUT2D eigenvalue weighted by Gasteiger charge is -2.34. The van der Waals surface area contributed by atoms with Gasteiger partial charge < -0.3 is 20.3 Å². The molecule has 1 aliphatic rings. The zero-order valence-corrected chi connectivity index (χ0v) is 24.9. The summed E-state index contributed by atoms with van der Waals surface area (Å²) >= 11 is 0. The molecule has 1 aliphatic heterocycles. The quantitative estimate of drug-likeness (QED) is 0.285. The number of nitrogens with one attached hydrogen (secondary N) is 3. The minimum absolute atomic E-state index is 0.00513. The van der Waals surface area contributed by atoms with Gasteiger partial charge in [-0.1, -0.05) is 24.3 Å². The van der Waals surface area contributed by atoms with Gasteiger partial charge in [-0.2, -0.15) is 4.72 Å². The molecule has 3 N–H and O–H groups in total. The molecule has 0 spiro atoms. The number of rotatable bonds is 11. The number of piperidine rings is 1. The summed E-state index contributed by atoms with van der Waals surface area (Å²) in [6.45, 7) is 7.27. The van der Waals surface area contributed by atoms with Gasteiger partial charge in [0.15, 0.2) is 0 Å². The predicted molar refractivity (Wildman–Crippen MR) is 161 cm³/mol. The first kappa shape index (κ1) is 30.9. The molecule has 42 heavy (non-hydrogen) atoms. The van der Waals surface area contributed by atoms with Gasteiger partial charge in [-0.25, -0.2) is 18.4 Å². The van der Waals surface area contributed by atoms with E-state index >= 15 is 0 Å². The maximum absolute atomic E-state index is 13.1. The number of hydrogen-bond acceptors (Lipinski definition) is 9. The summed E-state index contributed by atoms with van der Waals surface area (Å²) in [5.41, 5.74) is 0.491. The van der Waals surface area contributed by atoms with Crippen molar-refractivity contribution in [2.24, 2.45) is 5.92 Å². The molecule has 2 aromatic carbocycles. The van der Waals surface area contributed by atoms with E-state index in [9.17, 15) is 18.0 Å². The molecule has 1 atom stereocenters. The van der Waals surface area contributed by atoms with E-state index < -0.39 is 33.5 Å². The van der Waals surface area contributed by atoms with Crippen molar-refractivity contribution in [1.82, 2.24) is 20.0 Å². The van der Waals surface area contributed by atoms with Gasteiger partial charge in [0.25, 0.3) is 5.91 Å². The van der Waals surface area contributed by atoms with E-state index in [4.69, 9.17) is 4.74 Å². The van der Waals surface area contributed by atoms with Gasteiger partial charge in [-0.3, -0.25) is 9.59 Å². The topological polar surface area (TPSA) is 143 Å². The first-order chi connectivity index (χ1) is 20.0. The van der Waals surface area contributed by atoms with Crippen LogP contribution in [-0.2, 0) is 19.6 Å². The summed E-state index contributed by atoms with van der Waals surface area (Å²) in [7, 11) is -4.04. The molecular formula is C30H38N6O5S. The van der Waals surface area contributed by atoms with E-state index in [2.05, 4.69) is 30.2 Å². The highest BCUT2D eigenvalue weighted by atomic mass is 32.2. The third-order valence-corrected chi connectivity index (χ3v) is 8.20. The molecular weight excluding hydrogens is 556 g/mol. The number of nitrogens with zero attached hydrogens (tertiary/aromatic N) is 3. The summed E-state index contributed by atoms with van der Waals surface area (Å²) in [4.78, 5) is 36.7. The van der Waals surface area contributed by atoms with Crippen molar-refractivity contribution in [1.29, 1.82) is 0 Å². The van der Waals surface area contributed by atoms with E-state index in [0.717, 1.165) is 38.2 Å². The van der Waals surface area contributed by atoms with Crippen LogP contribution in [0.4, 0.5) is 11.6 Å². The SMILES string of the molecule is CC(C)(C)OC(=O)[C@H](CNC(=O)c1cccc(N2CCC(CNc3ncccn3)CC2)c1)NS(=O)(=O)c1ccccc1. The number of benzene rings is 2. The number of hydrogen-bond donors (Lipinski definition) is 3. The van der Waals surface area contributed by atoms with Crippen LogP contribution in [-0.4, -0.2) is 68.1 Å². The van der Waals surface area contributed by atoms with Crippen LogP contribution in [0.1, 0.15) is 44.0 Å². The first-order valence-corrected chi connectivity index (χ1v) is 15.4. The average Bonchev–Trinajstić information content (AvgIpc) is 2.98. The second-order valence-corrected chi connectivity index (χ2v) is 12.9. The summed E-state index contributed by atoms with van der Waals surface area (Å²) in [5, 5.41) is 5.99. The van der Waals surface area contributed by atoms with Crippen molar-refractivity contribution in [3.05, 3.63) is 78.6 Å². The Bertz CT molecular complexity index is 1440. The highest BCUT2D eigenvalue weighted by Crippen LogP contribution is 2.24. The van der Waals surface area contributed by atoms with Crippen LogP contribution in [0.2, 0.25) is 0 Å². The highest BCUT2D eigenvalue weighted by molar-refractivity contribution is 7.89. The van der Waals surface area contributed by atoms with Gasteiger partial charge in [0.1, 0.15) is 11.6 Å². The summed E-state index contributed by atoms with van der Waals surface area (Å²) in [5.74, 6) is -0.0973. The molecule has 0 unspecified atom stereocenters. The lowest BCUT2D eigenvalue weighted by Crippen LogP contribution is -2.50. The summed E-state index contributed by atoms with van der Waals surface area (Å²) in [6.07, 6.45) is 5.38. The fraction of sp³-hybridized carbons (Fsp3) is 0.400. The summed E-state index contributed by atoms with van der Waals surface area (Å²) < 4.78 is 33.7. The number of sulfonamides is 1. The molecule has 4 rings (SSSR count). The third kappa shape index (κ3) is 8.98. The molecule has 11 nitrogen and oxygen atoms in total.